The molecule has 0 spiro atoms. The third-order valence-corrected chi connectivity index (χ3v) is 4.02. The van der Waals surface area contributed by atoms with Crippen molar-refractivity contribution in [3.05, 3.63) is 28.2 Å². The van der Waals surface area contributed by atoms with E-state index in [9.17, 15) is 4.39 Å². The van der Waals surface area contributed by atoms with E-state index in [1.165, 1.54) is 0 Å². The molecule has 19 heavy (non-hydrogen) atoms. The van der Waals surface area contributed by atoms with Crippen LogP contribution in [-0.4, -0.2) is 44.9 Å². The molecule has 1 aliphatic rings. The average molecular weight is 354 g/mol. The number of benzene rings is 1. The summed E-state index contributed by atoms with van der Waals surface area (Å²) in [6, 6.07) is 5.51. The minimum Gasteiger partial charge on any atom is -0.497 e. The van der Waals surface area contributed by atoms with Crippen LogP contribution in [0.3, 0.4) is 0 Å². The Labute approximate surface area is 128 Å². The molecule has 1 heterocycles. The van der Waals surface area contributed by atoms with Crippen LogP contribution in [-0.2, 0) is 0 Å². The van der Waals surface area contributed by atoms with Gasteiger partial charge in [0, 0.05) is 30.7 Å². The quantitative estimate of drug-likeness (QED) is 0.901. The minimum absolute atomic E-state index is 0. The van der Waals surface area contributed by atoms with E-state index in [2.05, 4.69) is 26.1 Å². The molecule has 1 aliphatic heterocycles. The normalized spacial score (nSPS) is 17.6. The molecule has 1 saturated heterocycles. The van der Waals surface area contributed by atoms with Gasteiger partial charge >= 0.3 is 0 Å². The van der Waals surface area contributed by atoms with Crippen molar-refractivity contribution in [2.45, 2.75) is 6.04 Å². The van der Waals surface area contributed by atoms with E-state index in [1.807, 2.05) is 18.2 Å². The van der Waals surface area contributed by atoms with Crippen molar-refractivity contribution in [3.63, 3.8) is 0 Å². The van der Waals surface area contributed by atoms with E-state index in [1.54, 1.807) is 7.11 Å². The highest BCUT2D eigenvalue weighted by Crippen LogP contribution is 2.31. The van der Waals surface area contributed by atoms with Gasteiger partial charge < -0.3 is 10.1 Å². The van der Waals surface area contributed by atoms with Crippen molar-refractivity contribution >= 4 is 28.3 Å². The molecule has 0 aromatic heterocycles. The van der Waals surface area contributed by atoms with Crippen molar-refractivity contribution in [2.24, 2.45) is 0 Å². The maximum atomic E-state index is 13.4. The molecule has 0 aliphatic carbocycles. The molecule has 1 aromatic carbocycles. The number of piperazine rings is 1. The van der Waals surface area contributed by atoms with Gasteiger partial charge in [0.05, 0.1) is 13.2 Å². The van der Waals surface area contributed by atoms with E-state index < -0.39 is 0 Å². The van der Waals surface area contributed by atoms with Crippen LogP contribution in [0.25, 0.3) is 0 Å². The standard InChI is InChI=1S/C13H18BrFN2O.ClH/c1-18-10-2-3-12(14)11(8-10)13(9-15)17-6-4-16-5-7-17;/h2-3,8,13,16H,4-7,9H2,1H3;1H/t13-;/m0./s1. The fraction of sp³-hybridized carbons (Fsp3) is 0.538. The highest BCUT2D eigenvalue weighted by Gasteiger charge is 2.24. The first-order valence-electron chi connectivity index (χ1n) is 6.10. The molecule has 1 atom stereocenters. The summed E-state index contributed by atoms with van der Waals surface area (Å²) in [5.74, 6) is 0.766. The summed E-state index contributed by atoms with van der Waals surface area (Å²) in [7, 11) is 1.63. The van der Waals surface area contributed by atoms with Gasteiger partial charge in [-0.15, -0.1) is 12.4 Å². The van der Waals surface area contributed by atoms with Crippen LogP contribution in [0, 0.1) is 0 Å². The molecule has 0 amide bonds. The van der Waals surface area contributed by atoms with Crippen molar-refractivity contribution in [1.82, 2.24) is 10.2 Å². The van der Waals surface area contributed by atoms with Gasteiger partial charge in [-0.05, 0) is 23.8 Å². The van der Waals surface area contributed by atoms with E-state index >= 15 is 0 Å². The Balaban J connectivity index is 0.00000180. The molecular weight excluding hydrogens is 335 g/mol. The van der Waals surface area contributed by atoms with Crippen LogP contribution in [0.1, 0.15) is 11.6 Å². The Morgan fingerprint density at radius 3 is 2.68 bits per heavy atom. The van der Waals surface area contributed by atoms with Gasteiger partial charge in [0.25, 0.3) is 0 Å². The van der Waals surface area contributed by atoms with Crippen LogP contribution in [0.2, 0.25) is 0 Å². The SMILES string of the molecule is COc1ccc(Br)c([C@H](CF)N2CCNCC2)c1.Cl. The summed E-state index contributed by atoms with van der Waals surface area (Å²) in [5, 5.41) is 3.28. The molecule has 0 saturated carbocycles. The van der Waals surface area contributed by atoms with Gasteiger partial charge in [0.2, 0.25) is 0 Å². The zero-order valence-electron chi connectivity index (χ0n) is 10.9. The lowest BCUT2D eigenvalue weighted by Crippen LogP contribution is -2.45. The van der Waals surface area contributed by atoms with Crippen LogP contribution in [0.5, 0.6) is 5.75 Å². The maximum Gasteiger partial charge on any atom is 0.119 e. The smallest absolute Gasteiger partial charge is 0.119 e. The van der Waals surface area contributed by atoms with E-state index in [0.717, 1.165) is 42.0 Å². The lowest BCUT2D eigenvalue weighted by Gasteiger charge is -2.34. The van der Waals surface area contributed by atoms with Gasteiger partial charge in [0.15, 0.2) is 0 Å². The Kier molecular flexibility index (Phi) is 7.07. The van der Waals surface area contributed by atoms with Crippen molar-refractivity contribution in [2.75, 3.05) is 40.0 Å². The van der Waals surface area contributed by atoms with Gasteiger partial charge in [-0.25, -0.2) is 4.39 Å². The first-order chi connectivity index (χ1) is 8.76. The Morgan fingerprint density at radius 1 is 1.42 bits per heavy atom. The van der Waals surface area contributed by atoms with Gasteiger partial charge in [-0.1, -0.05) is 15.9 Å². The lowest BCUT2D eigenvalue weighted by atomic mass is 10.1. The van der Waals surface area contributed by atoms with Gasteiger partial charge in [-0.3, -0.25) is 4.90 Å². The van der Waals surface area contributed by atoms with Crippen molar-refractivity contribution in [3.8, 4) is 5.75 Å². The molecular formula is C13H19BrClFN2O. The second kappa shape index (κ2) is 8.04. The first kappa shape index (κ1) is 16.7. The number of hydrogen-bond donors (Lipinski definition) is 1. The fourth-order valence-electron chi connectivity index (χ4n) is 2.28. The summed E-state index contributed by atoms with van der Waals surface area (Å²) in [6.07, 6.45) is 0. The second-order valence-electron chi connectivity index (χ2n) is 4.34. The third-order valence-electron chi connectivity index (χ3n) is 3.30. The molecule has 6 heteroatoms. The highest BCUT2D eigenvalue weighted by molar-refractivity contribution is 9.10. The van der Waals surface area contributed by atoms with Crippen LogP contribution < -0.4 is 10.1 Å². The van der Waals surface area contributed by atoms with Crippen LogP contribution in [0.4, 0.5) is 4.39 Å². The fourth-order valence-corrected chi connectivity index (χ4v) is 2.79. The summed E-state index contributed by atoms with van der Waals surface area (Å²) >= 11 is 3.50. The van der Waals surface area contributed by atoms with E-state index in [4.69, 9.17) is 4.74 Å². The number of halogens is 3. The Hall–Kier alpha value is -0.360. The Bertz CT molecular complexity index is 402. The summed E-state index contributed by atoms with van der Waals surface area (Å²) < 4.78 is 19.6. The first-order valence-corrected chi connectivity index (χ1v) is 6.89. The topological polar surface area (TPSA) is 24.5 Å². The van der Waals surface area contributed by atoms with Crippen LogP contribution in [0.15, 0.2) is 22.7 Å². The third kappa shape index (κ3) is 4.05. The molecule has 0 unspecified atom stereocenters. The zero-order chi connectivity index (χ0) is 13.0. The predicted octanol–water partition coefficient (Wildman–Crippen LogP) is 2.80. The molecule has 108 valence electrons. The van der Waals surface area contributed by atoms with Crippen molar-refractivity contribution in [1.29, 1.82) is 0 Å². The van der Waals surface area contributed by atoms with Crippen LogP contribution >= 0.6 is 28.3 Å². The molecule has 1 N–H and O–H groups in total. The number of alkyl halides is 1. The molecule has 1 aromatic rings. The number of nitrogens with zero attached hydrogens (tertiary/aromatic N) is 1. The summed E-state index contributed by atoms with van der Waals surface area (Å²) in [6.45, 7) is 3.19. The number of methoxy groups -OCH3 is 1. The molecule has 0 bridgehead atoms. The molecule has 1 fully saturated rings. The van der Waals surface area contributed by atoms with Gasteiger partial charge in [-0.2, -0.15) is 0 Å². The molecule has 2 rings (SSSR count). The minimum atomic E-state index is -0.383. The van der Waals surface area contributed by atoms with E-state index in [0.29, 0.717) is 0 Å². The zero-order valence-corrected chi connectivity index (χ0v) is 13.3. The number of rotatable bonds is 4. The number of nitrogens with one attached hydrogen (secondary N) is 1. The second-order valence-corrected chi connectivity index (χ2v) is 5.20. The highest BCUT2D eigenvalue weighted by atomic mass is 79.9. The lowest BCUT2D eigenvalue weighted by molar-refractivity contribution is 0.147. The number of hydrogen-bond acceptors (Lipinski definition) is 3. The molecule has 3 nitrogen and oxygen atoms in total. The van der Waals surface area contributed by atoms with E-state index in [-0.39, 0.29) is 25.1 Å². The largest absolute Gasteiger partial charge is 0.497 e. The van der Waals surface area contributed by atoms with Gasteiger partial charge in [0.1, 0.15) is 12.4 Å². The summed E-state index contributed by atoms with van der Waals surface area (Å²) in [4.78, 5) is 2.18. The monoisotopic (exact) mass is 352 g/mol. The Morgan fingerprint density at radius 2 is 2.11 bits per heavy atom. The van der Waals surface area contributed by atoms with Crippen molar-refractivity contribution < 1.29 is 9.13 Å². The summed E-state index contributed by atoms with van der Waals surface area (Å²) in [5.41, 5.74) is 0.957. The molecule has 0 radical (unpaired) electrons. The maximum absolute atomic E-state index is 13.4. The number of ether oxygens (including phenoxy) is 1. The predicted molar refractivity (Wildman–Crippen MR) is 81.1 cm³/mol. The average Bonchev–Trinajstić information content (AvgIpc) is 2.43.